The second-order valence-corrected chi connectivity index (χ2v) is 5.32. The molecule has 2 heterocycles. The molecular formula is C15H21FN2O2. The van der Waals surface area contributed by atoms with E-state index >= 15 is 0 Å². The Bertz CT molecular complexity index is 459. The van der Waals surface area contributed by atoms with E-state index in [0.717, 1.165) is 12.0 Å². The summed E-state index contributed by atoms with van der Waals surface area (Å²) in [4.78, 5) is 16.3. The number of ether oxygens (including phenoxy) is 1. The van der Waals surface area contributed by atoms with Crippen molar-refractivity contribution in [1.82, 2.24) is 10.3 Å². The van der Waals surface area contributed by atoms with Gasteiger partial charge in [0, 0.05) is 43.1 Å². The van der Waals surface area contributed by atoms with Crippen LogP contribution in [-0.4, -0.2) is 37.3 Å². The number of nitrogens with one attached hydrogen (secondary N) is 1. The Morgan fingerprint density at radius 1 is 1.50 bits per heavy atom. The molecule has 0 aromatic carbocycles. The first-order valence-corrected chi connectivity index (χ1v) is 7.05. The molecule has 1 aromatic heterocycles. The number of carbonyl (C=O) groups is 1. The number of carbonyl (C=O) groups excluding carboxylic acids is 1. The number of aromatic nitrogens is 1. The highest BCUT2D eigenvalue weighted by atomic mass is 19.1. The molecule has 0 saturated carbocycles. The first-order chi connectivity index (χ1) is 9.71. The van der Waals surface area contributed by atoms with Gasteiger partial charge in [-0.1, -0.05) is 6.92 Å². The zero-order chi connectivity index (χ0) is 14.4. The molecule has 0 radical (unpaired) electrons. The highest BCUT2D eigenvalue weighted by Gasteiger charge is 2.33. The molecule has 1 aliphatic heterocycles. The molecule has 0 spiro atoms. The number of aryl methyl sites for hydroxylation is 1. The third kappa shape index (κ3) is 3.33. The number of hydrogen-bond acceptors (Lipinski definition) is 3. The maximum absolute atomic E-state index is 13.3. The topological polar surface area (TPSA) is 51.2 Å². The minimum Gasteiger partial charge on any atom is -0.381 e. The number of alkyl halides is 1. The van der Waals surface area contributed by atoms with Gasteiger partial charge >= 0.3 is 0 Å². The van der Waals surface area contributed by atoms with Crippen LogP contribution in [0.2, 0.25) is 0 Å². The zero-order valence-electron chi connectivity index (χ0n) is 11.8. The van der Waals surface area contributed by atoms with E-state index in [-0.39, 0.29) is 5.91 Å². The molecular weight excluding hydrogens is 259 g/mol. The van der Waals surface area contributed by atoms with Gasteiger partial charge < -0.3 is 10.1 Å². The van der Waals surface area contributed by atoms with Gasteiger partial charge in [-0.25, -0.2) is 0 Å². The minimum atomic E-state index is -0.465. The van der Waals surface area contributed by atoms with Crippen LogP contribution in [0.25, 0.3) is 0 Å². The van der Waals surface area contributed by atoms with Gasteiger partial charge in [-0.15, -0.1) is 0 Å². The quantitative estimate of drug-likeness (QED) is 0.899. The summed E-state index contributed by atoms with van der Waals surface area (Å²) < 4.78 is 18.6. The Kier molecular flexibility index (Phi) is 5.06. The summed E-state index contributed by atoms with van der Waals surface area (Å²) in [5, 5.41) is 2.87. The Labute approximate surface area is 118 Å². The lowest BCUT2D eigenvalue weighted by Crippen LogP contribution is -2.43. The van der Waals surface area contributed by atoms with E-state index in [1.54, 1.807) is 18.5 Å². The standard InChI is InChI=1S/C15H21FN2O2/c1-2-12-9-17-6-3-13(12)14(19)18-11-15(10-16)4-7-20-8-5-15/h3,6,9H,2,4-5,7-8,10-11H2,1H3,(H,18,19). The third-order valence-electron chi connectivity index (χ3n) is 3.99. The average molecular weight is 280 g/mol. The second kappa shape index (κ2) is 6.79. The lowest BCUT2D eigenvalue weighted by molar-refractivity contribution is 0.00261. The summed E-state index contributed by atoms with van der Waals surface area (Å²) in [6, 6.07) is 1.71. The molecule has 0 unspecified atom stereocenters. The van der Waals surface area contributed by atoms with Crippen LogP contribution in [0, 0.1) is 5.41 Å². The molecule has 1 N–H and O–H groups in total. The van der Waals surface area contributed by atoms with Crippen molar-refractivity contribution in [2.45, 2.75) is 26.2 Å². The average Bonchev–Trinajstić information content (AvgIpc) is 2.53. The number of rotatable bonds is 5. The van der Waals surface area contributed by atoms with Crippen LogP contribution < -0.4 is 5.32 Å². The van der Waals surface area contributed by atoms with Gasteiger partial charge in [0.05, 0.1) is 6.67 Å². The smallest absolute Gasteiger partial charge is 0.251 e. The second-order valence-electron chi connectivity index (χ2n) is 5.32. The molecule has 0 aliphatic carbocycles. The Morgan fingerprint density at radius 2 is 2.25 bits per heavy atom. The largest absolute Gasteiger partial charge is 0.381 e. The first-order valence-electron chi connectivity index (χ1n) is 7.05. The molecule has 1 saturated heterocycles. The lowest BCUT2D eigenvalue weighted by atomic mass is 9.81. The fourth-order valence-electron chi connectivity index (χ4n) is 2.46. The first kappa shape index (κ1) is 14.9. The summed E-state index contributed by atoms with van der Waals surface area (Å²) in [7, 11) is 0. The predicted molar refractivity (Wildman–Crippen MR) is 74.4 cm³/mol. The van der Waals surface area contributed by atoms with E-state index in [4.69, 9.17) is 4.74 Å². The molecule has 2 rings (SSSR count). The van der Waals surface area contributed by atoms with Crippen LogP contribution in [0.3, 0.4) is 0 Å². The summed E-state index contributed by atoms with van der Waals surface area (Å²) >= 11 is 0. The SMILES string of the molecule is CCc1cnccc1C(=O)NCC1(CF)CCOCC1. The van der Waals surface area contributed by atoms with Crippen molar-refractivity contribution < 1.29 is 13.9 Å². The Morgan fingerprint density at radius 3 is 2.90 bits per heavy atom. The fraction of sp³-hybridized carbons (Fsp3) is 0.600. The molecule has 4 nitrogen and oxygen atoms in total. The van der Waals surface area contributed by atoms with Crippen LogP contribution >= 0.6 is 0 Å². The van der Waals surface area contributed by atoms with Crippen molar-refractivity contribution in [3.05, 3.63) is 29.6 Å². The van der Waals surface area contributed by atoms with Crippen LogP contribution in [0.5, 0.6) is 0 Å². The van der Waals surface area contributed by atoms with Crippen molar-refractivity contribution in [1.29, 1.82) is 0 Å². The van der Waals surface area contributed by atoms with Crippen molar-refractivity contribution in [3.63, 3.8) is 0 Å². The summed E-state index contributed by atoms with van der Waals surface area (Å²) in [6.07, 6.45) is 5.36. The third-order valence-corrected chi connectivity index (χ3v) is 3.99. The number of hydrogen-bond donors (Lipinski definition) is 1. The molecule has 20 heavy (non-hydrogen) atoms. The van der Waals surface area contributed by atoms with Gasteiger partial charge in [0.15, 0.2) is 0 Å². The van der Waals surface area contributed by atoms with E-state index < -0.39 is 12.1 Å². The zero-order valence-corrected chi connectivity index (χ0v) is 11.8. The van der Waals surface area contributed by atoms with Gasteiger partial charge in [-0.2, -0.15) is 0 Å². The minimum absolute atomic E-state index is 0.149. The molecule has 0 bridgehead atoms. The van der Waals surface area contributed by atoms with Gasteiger partial charge in [-0.05, 0) is 30.9 Å². The van der Waals surface area contributed by atoms with Gasteiger partial charge in [0.25, 0.3) is 5.91 Å². The maximum Gasteiger partial charge on any atom is 0.251 e. The fourth-order valence-corrected chi connectivity index (χ4v) is 2.46. The maximum atomic E-state index is 13.3. The highest BCUT2D eigenvalue weighted by molar-refractivity contribution is 5.95. The van der Waals surface area contributed by atoms with Crippen LogP contribution in [-0.2, 0) is 11.2 Å². The normalized spacial score (nSPS) is 17.7. The van der Waals surface area contributed by atoms with Crippen LogP contribution in [0.15, 0.2) is 18.5 Å². The summed E-state index contributed by atoms with van der Waals surface area (Å²) in [5.41, 5.74) is 1.07. The van der Waals surface area contributed by atoms with E-state index in [1.165, 1.54) is 0 Å². The summed E-state index contributed by atoms with van der Waals surface area (Å²) in [6.45, 7) is 3.05. The monoisotopic (exact) mass is 280 g/mol. The van der Waals surface area contributed by atoms with Crippen LogP contribution in [0.4, 0.5) is 4.39 Å². The molecule has 1 aromatic rings. The van der Waals surface area contributed by atoms with Crippen molar-refractivity contribution >= 4 is 5.91 Å². The van der Waals surface area contributed by atoms with Crippen molar-refractivity contribution in [2.75, 3.05) is 26.4 Å². The van der Waals surface area contributed by atoms with Crippen LogP contribution in [0.1, 0.15) is 35.7 Å². The van der Waals surface area contributed by atoms with Crippen molar-refractivity contribution in [3.8, 4) is 0 Å². The number of nitrogens with zero attached hydrogens (tertiary/aromatic N) is 1. The van der Waals surface area contributed by atoms with Crippen molar-refractivity contribution in [2.24, 2.45) is 5.41 Å². The van der Waals surface area contributed by atoms with Gasteiger partial charge in [0.1, 0.15) is 0 Å². The number of halogens is 1. The number of amides is 1. The Hall–Kier alpha value is -1.49. The Balaban J connectivity index is 2.00. The van der Waals surface area contributed by atoms with E-state index in [0.29, 0.717) is 38.2 Å². The van der Waals surface area contributed by atoms with E-state index in [9.17, 15) is 9.18 Å². The molecule has 5 heteroatoms. The predicted octanol–water partition coefficient (Wildman–Crippen LogP) is 2.14. The van der Waals surface area contributed by atoms with Gasteiger partial charge in [-0.3, -0.25) is 14.2 Å². The summed E-state index contributed by atoms with van der Waals surface area (Å²) in [5.74, 6) is -0.149. The molecule has 1 amide bonds. The molecule has 1 fully saturated rings. The number of pyridine rings is 1. The lowest BCUT2D eigenvalue weighted by Gasteiger charge is -2.34. The van der Waals surface area contributed by atoms with E-state index in [1.807, 2.05) is 6.92 Å². The molecule has 110 valence electrons. The van der Waals surface area contributed by atoms with E-state index in [2.05, 4.69) is 10.3 Å². The molecule has 1 aliphatic rings. The van der Waals surface area contributed by atoms with Gasteiger partial charge in [0.2, 0.25) is 0 Å². The molecule has 0 atom stereocenters. The highest BCUT2D eigenvalue weighted by Crippen LogP contribution is 2.30.